The molecule has 0 saturated heterocycles. The molecule has 1 amide bonds. The lowest BCUT2D eigenvalue weighted by atomic mass is 9.68. The van der Waals surface area contributed by atoms with Gasteiger partial charge in [-0.15, -0.1) is 0 Å². The van der Waals surface area contributed by atoms with Crippen molar-refractivity contribution >= 4 is 39.0 Å². The Bertz CT molecular complexity index is 1520. The summed E-state index contributed by atoms with van der Waals surface area (Å²) in [5.74, 6) is -0.0319. The standard InChI is InChI=1S/C32H37ClN2O5S/c1-20-5-3-7-29(36)26-11-8-24(26)17-35-18-32(14-4-6-22-15-25(33)10-12-27(22)32)19-40-30-13-9-23(16-28(30)35)31(37)34-41(38,39)21(20)2/h3,7,9-10,12-13,15-16,20-21,24,26H,4-6,8,11,14,17-19H2,1-2H3,(H,34,37)/t20-,21+,24-,26+,32-/m0/s1. The Morgan fingerprint density at radius 2 is 1.93 bits per heavy atom. The molecule has 7 nitrogen and oxygen atoms in total. The zero-order chi connectivity index (χ0) is 28.9. The van der Waals surface area contributed by atoms with Gasteiger partial charge in [0.1, 0.15) is 5.75 Å². The predicted octanol–water partition coefficient (Wildman–Crippen LogP) is 5.45. The fourth-order valence-electron chi connectivity index (χ4n) is 7.00. The zero-order valence-electron chi connectivity index (χ0n) is 23.6. The first-order valence-corrected chi connectivity index (χ1v) is 16.6. The molecule has 6 rings (SSSR count). The fourth-order valence-corrected chi connectivity index (χ4v) is 8.48. The monoisotopic (exact) mass is 596 g/mol. The number of anilines is 1. The van der Waals surface area contributed by atoms with Crippen LogP contribution in [0.3, 0.4) is 0 Å². The summed E-state index contributed by atoms with van der Waals surface area (Å²) >= 11 is 6.37. The molecule has 218 valence electrons. The molecule has 2 aliphatic heterocycles. The number of carbonyl (C=O) groups is 2. The molecule has 4 aliphatic rings. The number of allylic oxidation sites excluding steroid dienone is 2. The van der Waals surface area contributed by atoms with Crippen LogP contribution in [-0.2, 0) is 26.7 Å². The van der Waals surface area contributed by atoms with Gasteiger partial charge in [-0.3, -0.25) is 9.59 Å². The van der Waals surface area contributed by atoms with Gasteiger partial charge in [0.15, 0.2) is 5.78 Å². The summed E-state index contributed by atoms with van der Waals surface area (Å²) in [6, 6.07) is 11.3. The van der Waals surface area contributed by atoms with E-state index < -0.39 is 21.2 Å². The quantitative estimate of drug-likeness (QED) is 0.435. The summed E-state index contributed by atoms with van der Waals surface area (Å²) in [6.07, 6.45) is 8.60. The first kappa shape index (κ1) is 28.3. The summed E-state index contributed by atoms with van der Waals surface area (Å²) in [5.41, 5.74) is 3.22. The number of ether oxygens (including phenoxy) is 1. The van der Waals surface area contributed by atoms with Crippen LogP contribution in [0.4, 0.5) is 5.69 Å². The van der Waals surface area contributed by atoms with Crippen molar-refractivity contribution < 1.29 is 22.7 Å². The maximum atomic E-state index is 13.3. The van der Waals surface area contributed by atoms with Crippen LogP contribution in [0.25, 0.3) is 0 Å². The van der Waals surface area contributed by atoms with Crippen molar-refractivity contribution in [1.29, 1.82) is 0 Å². The number of rotatable bonds is 0. The number of aryl methyl sites for hydroxylation is 1. The highest BCUT2D eigenvalue weighted by molar-refractivity contribution is 7.90. The molecule has 5 atom stereocenters. The summed E-state index contributed by atoms with van der Waals surface area (Å²) in [7, 11) is -3.93. The van der Waals surface area contributed by atoms with Crippen LogP contribution < -0.4 is 14.4 Å². The summed E-state index contributed by atoms with van der Waals surface area (Å²) in [5, 5.41) is -0.0854. The van der Waals surface area contributed by atoms with Crippen LogP contribution in [0.5, 0.6) is 5.75 Å². The molecule has 2 aromatic carbocycles. The molecule has 0 radical (unpaired) electrons. The number of hydrogen-bond acceptors (Lipinski definition) is 6. The maximum absolute atomic E-state index is 13.3. The third-order valence-electron chi connectivity index (χ3n) is 9.85. The largest absolute Gasteiger partial charge is 0.490 e. The van der Waals surface area contributed by atoms with E-state index in [1.54, 1.807) is 37.3 Å². The van der Waals surface area contributed by atoms with Gasteiger partial charge in [0.2, 0.25) is 10.0 Å². The normalized spacial score (nSPS) is 31.2. The van der Waals surface area contributed by atoms with Gasteiger partial charge < -0.3 is 9.64 Å². The molecule has 9 heteroatoms. The Hall–Kier alpha value is -2.84. The SMILES string of the molecule is C[C@@H]1[C@@H](C)CC=CC(=O)[C@@H]2CC[C@H]2CN2C[C@@]3(CCCc4cc(Cl)ccc43)COc3ccc(cc32)C(=O)NS1(=O)=O. The summed E-state index contributed by atoms with van der Waals surface area (Å²) in [4.78, 5) is 28.8. The van der Waals surface area contributed by atoms with Crippen LogP contribution in [0.15, 0.2) is 48.6 Å². The smallest absolute Gasteiger partial charge is 0.264 e. The number of halogens is 1. The van der Waals surface area contributed by atoms with Gasteiger partial charge >= 0.3 is 0 Å². The van der Waals surface area contributed by atoms with Crippen molar-refractivity contribution in [3.63, 3.8) is 0 Å². The third-order valence-corrected chi connectivity index (χ3v) is 12.0. The highest BCUT2D eigenvalue weighted by atomic mass is 35.5. The molecular weight excluding hydrogens is 560 g/mol. The van der Waals surface area contributed by atoms with Crippen LogP contribution in [0.1, 0.15) is 67.4 Å². The minimum Gasteiger partial charge on any atom is -0.490 e. The van der Waals surface area contributed by atoms with E-state index in [0.717, 1.165) is 42.8 Å². The number of benzene rings is 2. The molecule has 1 N–H and O–H groups in total. The second kappa shape index (κ2) is 10.8. The number of amides is 1. The molecule has 2 bridgehead atoms. The Morgan fingerprint density at radius 1 is 1.10 bits per heavy atom. The van der Waals surface area contributed by atoms with Crippen molar-refractivity contribution in [2.24, 2.45) is 17.8 Å². The van der Waals surface area contributed by atoms with Crippen molar-refractivity contribution in [3.8, 4) is 5.75 Å². The van der Waals surface area contributed by atoms with E-state index >= 15 is 0 Å². The number of nitrogens with zero attached hydrogens (tertiary/aromatic N) is 1. The first-order valence-electron chi connectivity index (χ1n) is 14.6. The topological polar surface area (TPSA) is 92.8 Å². The molecule has 0 aromatic heterocycles. The second-order valence-corrected chi connectivity index (χ2v) is 14.9. The van der Waals surface area contributed by atoms with Crippen LogP contribution in [0.2, 0.25) is 5.02 Å². The minimum absolute atomic E-state index is 0.0666. The van der Waals surface area contributed by atoms with E-state index in [9.17, 15) is 18.0 Å². The van der Waals surface area contributed by atoms with Crippen LogP contribution in [-0.4, -0.2) is 45.1 Å². The second-order valence-electron chi connectivity index (χ2n) is 12.4. The van der Waals surface area contributed by atoms with Crippen molar-refractivity contribution in [1.82, 2.24) is 4.72 Å². The molecule has 41 heavy (non-hydrogen) atoms. The summed E-state index contributed by atoms with van der Waals surface area (Å²) in [6.45, 7) is 5.23. The fraction of sp³-hybridized carbons (Fsp3) is 0.500. The van der Waals surface area contributed by atoms with Crippen molar-refractivity contribution in [2.75, 3.05) is 24.6 Å². The van der Waals surface area contributed by atoms with Gasteiger partial charge in [0.25, 0.3) is 5.91 Å². The average molecular weight is 597 g/mol. The van der Waals surface area contributed by atoms with Gasteiger partial charge in [-0.1, -0.05) is 30.7 Å². The Morgan fingerprint density at radius 3 is 2.71 bits per heavy atom. The summed E-state index contributed by atoms with van der Waals surface area (Å²) < 4.78 is 35.0. The highest BCUT2D eigenvalue weighted by Gasteiger charge is 2.44. The number of sulfonamides is 1. The Kier molecular flexibility index (Phi) is 7.43. The Labute approximate surface area is 247 Å². The van der Waals surface area contributed by atoms with E-state index in [1.165, 1.54) is 11.1 Å². The van der Waals surface area contributed by atoms with E-state index in [4.69, 9.17) is 16.3 Å². The maximum Gasteiger partial charge on any atom is 0.264 e. The van der Waals surface area contributed by atoms with Crippen LogP contribution in [0, 0.1) is 17.8 Å². The zero-order valence-corrected chi connectivity index (χ0v) is 25.1. The van der Waals surface area contributed by atoms with E-state index in [-0.39, 0.29) is 34.5 Å². The third kappa shape index (κ3) is 5.29. The van der Waals surface area contributed by atoms with Gasteiger partial charge in [-0.05, 0) is 105 Å². The van der Waals surface area contributed by atoms with Crippen molar-refractivity contribution in [2.45, 2.75) is 63.0 Å². The minimum atomic E-state index is -3.93. The lowest BCUT2D eigenvalue weighted by Gasteiger charge is -2.44. The highest BCUT2D eigenvalue weighted by Crippen LogP contribution is 2.46. The predicted molar refractivity (Wildman–Crippen MR) is 160 cm³/mol. The molecule has 1 fully saturated rings. The van der Waals surface area contributed by atoms with E-state index in [2.05, 4.69) is 21.8 Å². The molecule has 2 aromatic rings. The van der Waals surface area contributed by atoms with Gasteiger partial charge in [-0.25, -0.2) is 13.1 Å². The number of nitrogens with one attached hydrogen (secondary N) is 1. The Balaban J connectivity index is 1.43. The molecular formula is C32H37ClN2O5S. The van der Waals surface area contributed by atoms with Crippen LogP contribution >= 0.6 is 11.6 Å². The van der Waals surface area contributed by atoms with E-state index in [0.29, 0.717) is 31.9 Å². The molecule has 2 heterocycles. The van der Waals surface area contributed by atoms with Gasteiger partial charge in [-0.2, -0.15) is 0 Å². The number of ketones is 1. The average Bonchev–Trinajstić information content (AvgIpc) is 3.06. The van der Waals surface area contributed by atoms with Gasteiger partial charge in [0.05, 0.1) is 17.5 Å². The first-order chi connectivity index (χ1) is 19.6. The number of hydrogen-bond donors (Lipinski definition) is 1. The molecule has 1 saturated carbocycles. The lowest BCUT2D eigenvalue weighted by Crippen LogP contribution is -2.49. The molecule has 2 aliphatic carbocycles. The molecule has 1 spiro atoms. The lowest BCUT2D eigenvalue weighted by molar-refractivity contribution is -0.122. The van der Waals surface area contributed by atoms with E-state index in [1.807, 2.05) is 13.0 Å². The molecule has 0 unspecified atom stereocenters. The number of carbonyl (C=O) groups excluding carboxylic acids is 2. The van der Waals surface area contributed by atoms with Gasteiger partial charge in [0, 0.05) is 35.0 Å². The van der Waals surface area contributed by atoms with Crippen molar-refractivity contribution in [3.05, 3.63) is 70.3 Å². The number of fused-ring (bicyclic) bond motifs is 4.